The highest BCUT2D eigenvalue weighted by atomic mass is 35.5. The highest BCUT2D eigenvalue weighted by Gasteiger charge is 2.20. The minimum atomic E-state index is 0. The standard InChI is InChI=1S/C19H21N3.ClH/c1-13-10-18-17(11-14(2)21(18)3)19(20-13)22-9-8-15-6-4-5-7-16(15)12-22;/h4-7,10-11H,8-9,12H2,1-3H3;1H. The highest BCUT2D eigenvalue weighted by Crippen LogP contribution is 2.31. The van der Waals surface area contributed by atoms with Crippen molar-refractivity contribution in [3.8, 4) is 0 Å². The summed E-state index contributed by atoms with van der Waals surface area (Å²) in [6.07, 6.45) is 1.10. The number of halogens is 1. The first-order valence-corrected chi connectivity index (χ1v) is 7.89. The van der Waals surface area contributed by atoms with E-state index in [9.17, 15) is 0 Å². The molecule has 0 radical (unpaired) electrons. The summed E-state index contributed by atoms with van der Waals surface area (Å²) >= 11 is 0. The van der Waals surface area contributed by atoms with Crippen LogP contribution in [0.2, 0.25) is 0 Å². The van der Waals surface area contributed by atoms with Crippen LogP contribution in [-0.2, 0) is 20.0 Å². The van der Waals surface area contributed by atoms with E-state index in [0.29, 0.717) is 0 Å². The van der Waals surface area contributed by atoms with Gasteiger partial charge in [0.25, 0.3) is 0 Å². The van der Waals surface area contributed by atoms with Gasteiger partial charge in [0.05, 0.1) is 5.52 Å². The van der Waals surface area contributed by atoms with Crippen LogP contribution >= 0.6 is 12.4 Å². The maximum atomic E-state index is 4.86. The zero-order valence-corrected chi connectivity index (χ0v) is 14.7. The van der Waals surface area contributed by atoms with Gasteiger partial charge in [0.1, 0.15) is 5.82 Å². The van der Waals surface area contributed by atoms with E-state index in [2.05, 4.69) is 66.8 Å². The molecule has 4 heteroatoms. The van der Waals surface area contributed by atoms with Crippen molar-refractivity contribution in [2.45, 2.75) is 26.8 Å². The van der Waals surface area contributed by atoms with E-state index in [4.69, 9.17) is 4.98 Å². The van der Waals surface area contributed by atoms with Crippen LogP contribution in [0.4, 0.5) is 5.82 Å². The summed E-state index contributed by atoms with van der Waals surface area (Å²) in [7, 11) is 2.13. The Hall–Kier alpha value is -2.00. The van der Waals surface area contributed by atoms with Gasteiger partial charge < -0.3 is 9.47 Å². The third-order valence-electron chi connectivity index (χ3n) is 4.82. The molecular weight excluding hydrogens is 306 g/mol. The molecular formula is C19H22ClN3. The number of nitrogens with zero attached hydrogens (tertiary/aromatic N) is 3. The lowest BCUT2D eigenvalue weighted by atomic mass is 10.00. The zero-order valence-electron chi connectivity index (χ0n) is 13.8. The maximum absolute atomic E-state index is 4.86. The third kappa shape index (κ3) is 2.59. The van der Waals surface area contributed by atoms with E-state index >= 15 is 0 Å². The number of hydrogen-bond acceptors (Lipinski definition) is 2. The molecule has 0 spiro atoms. The Morgan fingerprint density at radius 1 is 1.04 bits per heavy atom. The molecule has 1 aliphatic heterocycles. The van der Waals surface area contributed by atoms with Crippen molar-refractivity contribution in [1.29, 1.82) is 0 Å². The van der Waals surface area contributed by atoms with Gasteiger partial charge in [-0.25, -0.2) is 4.98 Å². The lowest BCUT2D eigenvalue weighted by molar-refractivity contribution is 0.723. The monoisotopic (exact) mass is 327 g/mol. The molecule has 0 atom stereocenters. The van der Waals surface area contributed by atoms with E-state index in [0.717, 1.165) is 31.0 Å². The van der Waals surface area contributed by atoms with Crippen LogP contribution in [0.1, 0.15) is 22.5 Å². The molecule has 23 heavy (non-hydrogen) atoms. The molecule has 3 aromatic rings. The third-order valence-corrected chi connectivity index (χ3v) is 4.82. The number of hydrogen-bond donors (Lipinski definition) is 0. The fourth-order valence-electron chi connectivity index (χ4n) is 3.48. The first kappa shape index (κ1) is 15.9. The number of pyridine rings is 1. The second-order valence-electron chi connectivity index (χ2n) is 6.31. The number of fused-ring (bicyclic) bond motifs is 2. The summed E-state index contributed by atoms with van der Waals surface area (Å²) in [4.78, 5) is 7.29. The smallest absolute Gasteiger partial charge is 0.138 e. The summed E-state index contributed by atoms with van der Waals surface area (Å²) in [6, 6.07) is 13.2. The fourth-order valence-corrected chi connectivity index (χ4v) is 3.48. The van der Waals surface area contributed by atoms with Crippen molar-refractivity contribution < 1.29 is 0 Å². The highest BCUT2D eigenvalue weighted by molar-refractivity contribution is 5.92. The van der Waals surface area contributed by atoms with Crippen LogP contribution in [0.3, 0.4) is 0 Å². The van der Waals surface area contributed by atoms with Crippen LogP contribution in [0.25, 0.3) is 10.9 Å². The molecule has 120 valence electrons. The van der Waals surface area contributed by atoms with Crippen molar-refractivity contribution in [2.24, 2.45) is 7.05 Å². The molecule has 0 saturated heterocycles. The molecule has 0 bridgehead atoms. The normalized spacial score (nSPS) is 13.8. The molecule has 1 aliphatic rings. The van der Waals surface area contributed by atoms with Crippen molar-refractivity contribution in [3.05, 3.63) is 58.9 Å². The van der Waals surface area contributed by atoms with Gasteiger partial charge in [-0.3, -0.25) is 0 Å². The summed E-state index contributed by atoms with van der Waals surface area (Å²) in [5.74, 6) is 1.13. The minimum absolute atomic E-state index is 0. The topological polar surface area (TPSA) is 21.1 Å². The van der Waals surface area contributed by atoms with Gasteiger partial charge in [-0.1, -0.05) is 24.3 Å². The molecule has 0 aliphatic carbocycles. The second kappa shape index (κ2) is 5.89. The van der Waals surface area contributed by atoms with Crippen molar-refractivity contribution in [1.82, 2.24) is 9.55 Å². The van der Waals surface area contributed by atoms with Crippen molar-refractivity contribution in [3.63, 3.8) is 0 Å². The number of aromatic nitrogens is 2. The summed E-state index contributed by atoms with van der Waals surface area (Å²) in [5.41, 5.74) is 6.55. The Labute approximate surface area is 143 Å². The van der Waals surface area contributed by atoms with Gasteiger partial charge >= 0.3 is 0 Å². The number of aryl methyl sites for hydroxylation is 3. The van der Waals surface area contributed by atoms with Gasteiger partial charge in [0.2, 0.25) is 0 Å². The van der Waals surface area contributed by atoms with Crippen LogP contribution in [0.5, 0.6) is 0 Å². The molecule has 0 unspecified atom stereocenters. The van der Waals surface area contributed by atoms with Gasteiger partial charge in [-0.05, 0) is 43.5 Å². The van der Waals surface area contributed by atoms with E-state index in [1.165, 1.54) is 27.7 Å². The molecule has 0 N–H and O–H groups in total. The van der Waals surface area contributed by atoms with Crippen molar-refractivity contribution >= 4 is 29.1 Å². The minimum Gasteiger partial charge on any atom is -0.351 e. The van der Waals surface area contributed by atoms with E-state index in [1.54, 1.807) is 0 Å². The quantitative estimate of drug-likeness (QED) is 0.668. The number of benzene rings is 1. The van der Waals surface area contributed by atoms with E-state index in [-0.39, 0.29) is 12.4 Å². The number of anilines is 1. The predicted molar refractivity (Wildman–Crippen MR) is 98.6 cm³/mol. The molecule has 3 nitrogen and oxygen atoms in total. The Kier molecular flexibility index (Phi) is 4.07. The van der Waals surface area contributed by atoms with E-state index < -0.39 is 0 Å². The lowest BCUT2D eigenvalue weighted by Gasteiger charge is -2.30. The maximum Gasteiger partial charge on any atom is 0.138 e. The van der Waals surface area contributed by atoms with E-state index in [1.807, 2.05) is 0 Å². The average molecular weight is 328 g/mol. The van der Waals surface area contributed by atoms with Crippen molar-refractivity contribution in [2.75, 3.05) is 11.4 Å². The Bertz CT molecular complexity index is 866. The van der Waals surface area contributed by atoms with Gasteiger partial charge in [0.15, 0.2) is 0 Å². The molecule has 1 aromatic carbocycles. The van der Waals surface area contributed by atoms with Crippen LogP contribution in [0.15, 0.2) is 36.4 Å². The first-order chi connectivity index (χ1) is 10.6. The van der Waals surface area contributed by atoms with Crippen LogP contribution in [-0.4, -0.2) is 16.1 Å². The Morgan fingerprint density at radius 2 is 1.78 bits per heavy atom. The summed E-state index contributed by atoms with van der Waals surface area (Å²) in [6.45, 7) is 6.24. The largest absolute Gasteiger partial charge is 0.351 e. The zero-order chi connectivity index (χ0) is 15.3. The number of rotatable bonds is 1. The molecule has 0 saturated carbocycles. The Morgan fingerprint density at radius 3 is 2.57 bits per heavy atom. The Balaban J connectivity index is 0.00000156. The SMILES string of the molecule is Cc1cc2c(cc(C)n2C)c(N2CCc3ccccc3C2)n1.Cl. The fraction of sp³-hybridized carbons (Fsp3) is 0.316. The van der Waals surface area contributed by atoms with Gasteiger partial charge in [0, 0.05) is 36.9 Å². The predicted octanol–water partition coefficient (Wildman–Crippen LogP) is 4.17. The lowest BCUT2D eigenvalue weighted by Crippen LogP contribution is -2.31. The second-order valence-corrected chi connectivity index (χ2v) is 6.31. The molecule has 2 aromatic heterocycles. The molecule has 4 rings (SSSR count). The first-order valence-electron chi connectivity index (χ1n) is 7.89. The summed E-state index contributed by atoms with van der Waals surface area (Å²) in [5, 5.41) is 1.27. The average Bonchev–Trinajstić information content (AvgIpc) is 2.81. The molecule has 0 amide bonds. The van der Waals surface area contributed by atoms with Gasteiger partial charge in [-0.15, -0.1) is 12.4 Å². The van der Waals surface area contributed by atoms with Crippen LogP contribution < -0.4 is 4.90 Å². The van der Waals surface area contributed by atoms with Crippen LogP contribution in [0, 0.1) is 13.8 Å². The molecule has 0 fully saturated rings. The molecule has 3 heterocycles. The van der Waals surface area contributed by atoms with Gasteiger partial charge in [-0.2, -0.15) is 0 Å². The summed E-state index contributed by atoms with van der Waals surface area (Å²) < 4.78 is 2.26.